The second-order valence-corrected chi connectivity index (χ2v) is 6.99. The van der Waals surface area contributed by atoms with Crippen LogP contribution in [-0.4, -0.2) is 45.4 Å². The Morgan fingerprint density at radius 1 is 1.14 bits per heavy atom. The number of carbonyl (C=O) groups is 3. The lowest BCUT2D eigenvalue weighted by Gasteiger charge is -2.16. The Kier molecular flexibility index (Phi) is 6.61. The van der Waals surface area contributed by atoms with Crippen LogP contribution in [0.15, 0.2) is 12.1 Å². The first-order valence-corrected chi connectivity index (χ1v) is 8.83. The first-order chi connectivity index (χ1) is 13.1. The van der Waals surface area contributed by atoms with E-state index in [-0.39, 0.29) is 28.9 Å². The minimum Gasteiger partial charge on any atom is -0.480 e. The van der Waals surface area contributed by atoms with Crippen molar-refractivity contribution in [2.75, 3.05) is 6.54 Å². The van der Waals surface area contributed by atoms with Crippen LogP contribution in [0, 0.1) is 25.6 Å². The maximum atomic E-state index is 13.9. The minimum atomic E-state index is -1.15. The molecule has 1 heterocycles. The molecule has 0 fully saturated rings. The fourth-order valence-electron chi connectivity index (χ4n) is 2.66. The summed E-state index contributed by atoms with van der Waals surface area (Å²) >= 11 is 0. The van der Waals surface area contributed by atoms with Gasteiger partial charge in [0.05, 0.1) is 29.0 Å². The second kappa shape index (κ2) is 8.73. The lowest BCUT2D eigenvalue weighted by atomic mass is 10.0. The molecule has 1 aromatic carbocycles. The molecule has 150 valence electrons. The lowest BCUT2D eigenvalue weighted by Crippen LogP contribution is -2.46. The molecule has 1 aromatic heterocycles. The predicted octanol–water partition coefficient (Wildman–Crippen LogP) is 1.73. The molecule has 2 amide bonds. The van der Waals surface area contributed by atoms with Gasteiger partial charge in [0.15, 0.2) is 0 Å². The maximum absolute atomic E-state index is 13.9. The number of aryl methyl sites for hydroxylation is 2. The summed E-state index contributed by atoms with van der Waals surface area (Å²) in [7, 11) is 0. The van der Waals surface area contributed by atoms with Crippen LogP contribution in [0.5, 0.6) is 0 Å². The van der Waals surface area contributed by atoms with Gasteiger partial charge in [-0.05, 0) is 32.3 Å². The molecule has 2 aromatic rings. The molecule has 0 aliphatic heterocycles. The fraction of sp³-hybridized carbons (Fsp3) is 0.421. The topological polar surface area (TPSA) is 121 Å². The van der Waals surface area contributed by atoms with Crippen molar-refractivity contribution in [1.82, 2.24) is 20.6 Å². The molecule has 1 atom stereocenters. The van der Waals surface area contributed by atoms with Crippen LogP contribution >= 0.6 is 0 Å². The molecule has 0 saturated carbocycles. The average Bonchev–Trinajstić information content (AvgIpc) is 2.59. The minimum absolute atomic E-state index is 0.0460. The number of carbonyl (C=O) groups excluding carboxylic acids is 2. The number of nitrogens with one attached hydrogen (secondary N) is 2. The maximum Gasteiger partial charge on any atom is 0.326 e. The normalized spacial score (nSPS) is 12.1. The quantitative estimate of drug-likeness (QED) is 0.662. The molecule has 2 rings (SSSR count). The van der Waals surface area contributed by atoms with Gasteiger partial charge in [-0.1, -0.05) is 13.8 Å². The molecule has 0 aliphatic rings. The van der Waals surface area contributed by atoms with Crippen molar-refractivity contribution in [1.29, 1.82) is 0 Å². The Morgan fingerprint density at radius 3 is 2.39 bits per heavy atom. The summed E-state index contributed by atoms with van der Waals surface area (Å²) in [4.78, 5) is 44.2. The number of carboxylic acids is 1. The number of rotatable bonds is 7. The van der Waals surface area contributed by atoms with Crippen LogP contribution < -0.4 is 10.6 Å². The smallest absolute Gasteiger partial charge is 0.326 e. The zero-order valence-electron chi connectivity index (χ0n) is 16.2. The zero-order chi connectivity index (χ0) is 21.0. The van der Waals surface area contributed by atoms with Gasteiger partial charge in [-0.2, -0.15) is 0 Å². The third-order valence-corrected chi connectivity index (χ3v) is 4.14. The van der Waals surface area contributed by atoms with Gasteiger partial charge in [0.1, 0.15) is 17.4 Å². The molecule has 9 heteroatoms. The second-order valence-electron chi connectivity index (χ2n) is 6.99. The monoisotopic (exact) mass is 390 g/mol. The van der Waals surface area contributed by atoms with Crippen molar-refractivity contribution in [2.24, 2.45) is 5.92 Å². The highest BCUT2D eigenvalue weighted by atomic mass is 19.1. The number of benzene rings is 1. The zero-order valence-corrected chi connectivity index (χ0v) is 16.2. The summed E-state index contributed by atoms with van der Waals surface area (Å²) in [5.41, 5.74) is 1.64. The third kappa shape index (κ3) is 5.21. The molecule has 0 aliphatic carbocycles. The highest BCUT2D eigenvalue weighted by molar-refractivity contribution is 6.05. The van der Waals surface area contributed by atoms with E-state index in [0.29, 0.717) is 11.4 Å². The van der Waals surface area contributed by atoms with Crippen molar-refractivity contribution >= 4 is 28.8 Å². The van der Waals surface area contributed by atoms with Crippen molar-refractivity contribution < 1.29 is 23.9 Å². The predicted molar refractivity (Wildman–Crippen MR) is 100 cm³/mol. The van der Waals surface area contributed by atoms with Gasteiger partial charge in [-0.3, -0.25) is 9.59 Å². The number of hydrogen-bond acceptors (Lipinski definition) is 5. The first kappa shape index (κ1) is 21.2. The van der Waals surface area contributed by atoms with Crippen molar-refractivity contribution in [3.8, 4) is 0 Å². The number of fused-ring (bicyclic) bond motifs is 1. The SMILES string of the molecule is Cc1nc2cc(F)cc(C(=O)NCC(=O)N[C@@H](CC(C)C)C(=O)O)c2nc1C. The number of hydrogen-bond donors (Lipinski definition) is 3. The first-order valence-electron chi connectivity index (χ1n) is 8.83. The average molecular weight is 390 g/mol. The largest absolute Gasteiger partial charge is 0.480 e. The molecule has 0 saturated heterocycles. The number of aliphatic carboxylic acids is 1. The molecule has 8 nitrogen and oxygen atoms in total. The van der Waals surface area contributed by atoms with Gasteiger partial charge < -0.3 is 15.7 Å². The standard InChI is InChI=1S/C19H23FN4O4/c1-9(2)5-15(19(27)28)24-16(25)8-21-18(26)13-6-12(20)7-14-17(13)23-11(4)10(3)22-14/h6-7,9,15H,5,8H2,1-4H3,(H,21,26)(H,24,25)(H,27,28)/t15-/m0/s1. The number of nitrogens with zero attached hydrogens (tertiary/aromatic N) is 2. The highest BCUT2D eigenvalue weighted by Crippen LogP contribution is 2.19. The molecule has 28 heavy (non-hydrogen) atoms. The van der Waals surface area contributed by atoms with Crippen LogP contribution in [0.1, 0.15) is 42.0 Å². The van der Waals surface area contributed by atoms with Gasteiger partial charge in [-0.25, -0.2) is 19.2 Å². The summed E-state index contributed by atoms with van der Waals surface area (Å²) in [6.45, 7) is 6.68. The molecule has 0 unspecified atom stereocenters. The van der Waals surface area contributed by atoms with Gasteiger partial charge >= 0.3 is 5.97 Å². The highest BCUT2D eigenvalue weighted by Gasteiger charge is 2.22. The van der Waals surface area contributed by atoms with Gasteiger partial charge in [0, 0.05) is 6.07 Å². The van der Waals surface area contributed by atoms with E-state index < -0.39 is 36.2 Å². The van der Waals surface area contributed by atoms with Crippen molar-refractivity contribution in [3.63, 3.8) is 0 Å². The number of amides is 2. The van der Waals surface area contributed by atoms with Crippen molar-refractivity contribution in [2.45, 2.75) is 40.2 Å². The van der Waals surface area contributed by atoms with Crippen LogP contribution in [0.3, 0.4) is 0 Å². The molecule has 3 N–H and O–H groups in total. The van der Waals surface area contributed by atoms with E-state index in [1.165, 1.54) is 6.07 Å². The van der Waals surface area contributed by atoms with E-state index in [2.05, 4.69) is 20.6 Å². The van der Waals surface area contributed by atoms with Crippen LogP contribution in [0.25, 0.3) is 11.0 Å². The van der Waals surface area contributed by atoms with Gasteiger partial charge in [-0.15, -0.1) is 0 Å². The summed E-state index contributed by atoms with van der Waals surface area (Å²) in [5.74, 6) is -3.08. The fourth-order valence-corrected chi connectivity index (χ4v) is 2.66. The third-order valence-electron chi connectivity index (χ3n) is 4.14. The number of halogens is 1. The number of carboxylic acid groups (broad SMARTS) is 1. The van der Waals surface area contributed by atoms with Crippen LogP contribution in [-0.2, 0) is 9.59 Å². The number of aromatic nitrogens is 2. The van der Waals surface area contributed by atoms with E-state index in [9.17, 15) is 18.8 Å². The van der Waals surface area contributed by atoms with E-state index in [1.807, 2.05) is 13.8 Å². The molecular weight excluding hydrogens is 367 g/mol. The Balaban J connectivity index is 2.14. The van der Waals surface area contributed by atoms with Crippen molar-refractivity contribution in [3.05, 3.63) is 34.9 Å². The summed E-state index contributed by atoms with van der Waals surface area (Å²) < 4.78 is 13.9. The van der Waals surface area contributed by atoms with Crippen LogP contribution in [0.2, 0.25) is 0 Å². The molecule has 0 bridgehead atoms. The van der Waals surface area contributed by atoms with E-state index in [0.717, 1.165) is 6.07 Å². The Hall–Kier alpha value is -3.10. The molecule has 0 radical (unpaired) electrons. The summed E-state index contributed by atoms with van der Waals surface area (Å²) in [6, 6.07) is 1.16. The van der Waals surface area contributed by atoms with Gasteiger partial charge in [0.25, 0.3) is 5.91 Å². The summed E-state index contributed by atoms with van der Waals surface area (Å²) in [5, 5.41) is 13.9. The van der Waals surface area contributed by atoms with E-state index in [1.54, 1.807) is 13.8 Å². The van der Waals surface area contributed by atoms with Crippen LogP contribution in [0.4, 0.5) is 4.39 Å². The molecular formula is C19H23FN4O4. The van der Waals surface area contributed by atoms with E-state index in [4.69, 9.17) is 5.11 Å². The van der Waals surface area contributed by atoms with E-state index >= 15 is 0 Å². The Labute approximate surface area is 161 Å². The summed E-state index contributed by atoms with van der Waals surface area (Å²) in [6.07, 6.45) is 0.262. The Morgan fingerprint density at radius 2 is 1.79 bits per heavy atom. The molecule has 0 spiro atoms. The van der Waals surface area contributed by atoms with Gasteiger partial charge in [0.2, 0.25) is 5.91 Å². The lowest BCUT2D eigenvalue weighted by molar-refractivity contribution is -0.142. The Bertz CT molecular complexity index is 930.